The molecular formula is C36H74NO7P. The number of rotatable bonds is 35. The maximum absolute atomic E-state index is 12.5. The van der Waals surface area contributed by atoms with Crippen molar-refractivity contribution in [3.8, 4) is 0 Å². The SMILES string of the molecule is CCCCCCCCCCCCCCCCCCOC[C@H](COP(=O)([O-])OCC[N+](C)(C)C)OC(=O)CCCCCCCCC. The van der Waals surface area contributed by atoms with Gasteiger partial charge in [0.05, 0.1) is 34.4 Å². The third kappa shape index (κ3) is 34.6. The topological polar surface area (TPSA) is 94.1 Å². The first-order valence-electron chi connectivity index (χ1n) is 18.8. The summed E-state index contributed by atoms with van der Waals surface area (Å²) in [4.78, 5) is 24.7. The van der Waals surface area contributed by atoms with Crippen molar-refractivity contribution in [2.24, 2.45) is 0 Å². The summed E-state index contributed by atoms with van der Waals surface area (Å²) in [5.41, 5.74) is 0. The molecular weight excluding hydrogens is 589 g/mol. The van der Waals surface area contributed by atoms with Crippen LogP contribution in [0.25, 0.3) is 0 Å². The Morgan fingerprint density at radius 1 is 0.600 bits per heavy atom. The normalized spacial score (nSPS) is 14.0. The number of hydrogen-bond acceptors (Lipinski definition) is 7. The minimum absolute atomic E-state index is 0.0305. The van der Waals surface area contributed by atoms with Crippen LogP contribution in [0, 0.1) is 0 Å². The summed E-state index contributed by atoms with van der Waals surface area (Å²) in [5.74, 6) is -0.338. The number of unbranched alkanes of at least 4 members (excludes halogenated alkanes) is 21. The largest absolute Gasteiger partial charge is 0.756 e. The lowest BCUT2D eigenvalue weighted by molar-refractivity contribution is -0.870. The van der Waals surface area contributed by atoms with Gasteiger partial charge in [-0.25, -0.2) is 0 Å². The second kappa shape index (κ2) is 30.8. The van der Waals surface area contributed by atoms with Crippen molar-refractivity contribution >= 4 is 13.8 Å². The van der Waals surface area contributed by atoms with Crippen molar-refractivity contribution in [2.45, 2.75) is 174 Å². The highest BCUT2D eigenvalue weighted by Gasteiger charge is 2.20. The Labute approximate surface area is 278 Å². The second-order valence-corrected chi connectivity index (χ2v) is 15.4. The number of phosphoric ester groups is 1. The molecule has 270 valence electrons. The van der Waals surface area contributed by atoms with Gasteiger partial charge in [0.2, 0.25) is 0 Å². The summed E-state index contributed by atoms with van der Waals surface area (Å²) in [6.45, 7) is 5.39. The van der Waals surface area contributed by atoms with Crippen LogP contribution in [0.5, 0.6) is 0 Å². The van der Waals surface area contributed by atoms with Gasteiger partial charge in [0.25, 0.3) is 7.82 Å². The van der Waals surface area contributed by atoms with Gasteiger partial charge in [0.15, 0.2) is 0 Å². The van der Waals surface area contributed by atoms with Crippen molar-refractivity contribution in [1.82, 2.24) is 0 Å². The van der Waals surface area contributed by atoms with E-state index in [9.17, 15) is 14.3 Å². The van der Waals surface area contributed by atoms with Crippen LogP contribution in [-0.2, 0) is 27.9 Å². The fourth-order valence-corrected chi connectivity index (χ4v) is 5.92. The molecule has 0 bridgehead atoms. The molecule has 0 fully saturated rings. The quantitative estimate of drug-likeness (QED) is 0.0288. The first-order chi connectivity index (χ1) is 21.6. The minimum atomic E-state index is -4.50. The summed E-state index contributed by atoms with van der Waals surface area (Å²) in [5, 5.41) is 0. The van der Waals surface area contributed by atoms with E-state index in [0.29, 0.717) is 24.1 Å². The lowest BCUT2D eigenvalue weighted by Crippen LogP contribution is -2.37. The van der Waals surface area contributed by atoms with Gasteiger partial charge in [-0.2, -0.15) is 0 Å². The molecule has 0 rings (SSSR count). The third-order valence-corrected chi connectivity index (χ3v) is 9.12. The van der Waals surface area contributed by atoms with E-state index >= 15 is 0 Å². The summed E-state index contributed by atoms with van der Waals surface area (Å²) in [6.07, 6.45) is 28.3. The van der Waals surface area contributed by atoms with E-state index in [2.05, 4.69) is 13.8 Å². The molecule has 0 aliphatic rings. The van der Waals surface area contributed by atoms with E-state index in [-0.39, 0.29) is 25.8 Å². The van der Waals surface area contributed by atoms with E-state index in [0.717, 1.165) is 32.1 Å². The van der Waals surface area contributed by atoms with Crippen molar-refractivity contribution in [3.05, 3.63) is 0 Å². The predicted molar refractivity (Wildman–Crippen MR) is 185 cm³/mol. The van der Waals surface area contributed by atoms with Crippen LogP contribution in [0.2, 0.25) is 0 Å². The molecule has 0 aliphatic carbocycles. The Morgan fingerprint density at radius 2 is 1.02 bits per heavy atom. The van der Waals surface area contributed by atoms with E-state index in [4.69, 9.17) is 18.5 Å². The Morgan fingerprint density at radius 3 is 1.47 bits per heavy atom. The van der Waals surface area contributed by atoms with Gasteiger partial charge in [-0.05, 0) is 12.8 Å². The van der Waals surface area contributed by atoms with Gasteiger partial charge in [0.1, 0.15) is 19.3 Å². The van der Waals surface area contributed by atoms with E-state index < -0.39 is 13.9 Å². The highest BCUT2D eigenvalue weighted by atomic mass is 31.2. The molecule has 0 amide bonds. The Hall–Kier alpha value is -0.500. The van der Waals surface area contributed by atoms with Gasteiger partial charge in [-0.1, -0.05) is 149 Å². The smallest absolute Gasteiger partial charge is 0.306 e. The molecule has 0 saturated carbocycles. The molecule has 0 radical (unpaired) electrons. The summed E-state index contributed by atoms with van der Waals surface area (Å²) in [6, 6.07) is 0. The monoisotopic (exact) mass is 664 g/mol. The maximum Gasteiger partial charge on any atom is 0.306 e. The lowest BCUT2D eigenvalue weighted by Gasteiger charge is -2.28. The molecule has 0 heterocycles. The van der Waals surface area contributed by atoms with Crippen LogP contribution >= 0.6 is 7.82 Å². The van der Waals surface area contributed by atoms with Crippen molar-refractivity contribution in [3.63, 3.8) is 0 Å². The highest BCUT2D eigenvalue weighted by molar-refractivity contribution is 7.45. The fraction of sp³-hybridized carbons (Fsp3) is 0.972. The number of quaternary nitrogens is 1. The number of carbonyl (C=O) groups is 1. The molecule has 0 aromatic heterocycles. The predicted octanol–water partition coefficient (Wildman–Crippen LogP) is 9.52. The molecule has 1 unspecified atom stereocenters. The summed E-state index contributed by atoms with van der Waals surface area (Å²) in [7, 11) is 1.37. The van der Waals surface area contributed by atoms with Crippen LogP contribution in [-0.4, -0.2) is 70.7 Å². The first-order valence-corrected chi connectivity index (χ1v) is 20.2. The van der Waals surface area contributed by atoms with Crippen LogP contribution in [0.1, 0.15) is 168 Å². The highest BCUT2D eigenvalue weighted by Crippen LogP contribution is 2.38. The zero-order valence-electron chi connectivity index (χ0n) is 30.3. The molecule has 2 atom stereocenters. The number of phosphoric acid groups is 1. The van der Waals surface area contributed by atoms with Gasteiger partial charge in [0, 0.05) is 13.0 Å². The van der Waals surface area contributed by atoms with E-state index in [1.165, 1.54) is 116 Å². The minimum Gasteiger partial charge on any atom is -0.756 e. The second-order valence-electron chi connectivity index (χ2n) is 14.0. The van der Waals surface area contributed by atoms with Crippen molar-refractivity contribution < 1.29 is 37.3 Å². The number of hydrogen-bond donors (Lipinski definition) is 0. The lowest BCUT2D eigenvalue weighted by atomic mass is 10.0. The molecule has 0 spiro atoms. The summed E-state index contributed by atoms with van der Waals surface area (Å²) < 4.78 is 34.3. The Kier molecular flexibility index (Phi) is 30.5. The van der Waals surface area contributed by atoms with Crippen LogP contribution in [0.3, 0.4) is 0 Å². The average molecular weight is 664 g/mol. The Bertz CT molecular complexity index is 701. The van der Waals surface area contributed by atoms with Crippen molar-refractivity contribution in [2.75, 3.05) is 54.1 Å². The number of ether oxygens (including phenoxy) is 2. The standard InChI is InChI=1S/C36H74NO7P/c1-6-8-10-12-14-15-16-17-18-19-20-21-22-24-26-28-31-41-33-35(34-43-45(39,40)42-32-30-37(3,4)5)44-36(38)29-27-25-23-13-11-9-7-2/h35H,6-34H2,1-5H3/t35-/m1/s1. The van der Waals surface area contributed by atoms with E-state index in [1.807, 2.05) is 21.1 Å². The van der Waals surface area contributed by atoms with Crippen LogP contribution < -0.4 is 4.89 Å². The molecule has 0 aromatic rings. The van der Waals surface area contributed by atoms with Crippen LogP contribution in [0.4, 0.5) is 0 Å². The fourth-order valence-electron chi connectivity index (χ4n) is 5.19. The molecule has 8 nitrogen and oxygen atoms in total. The third-order valence-electron chi connectivity index (χ3n) is 8.16. The number of carbonyl (C=O) groups excluding carboxylic acids is 1. The van der Waals surface area contributed by atoms with Gasteiger partial charge in [-0.15, -0.1) is 0 Å². The average Bonchev–Trinajstić information content (AvgIpc) is 2.98. The molecule has 9 heteroatoms. The van der Waals surface area contributed by atoms with Crippen LogP contribution in [0.15, 0.2) is 0 Å². The zero-order valence-corrected chi connectivity index (χ0v) is 31.2. The van der Waals surface area contributed by atoms with Gasteiger partial charge < -0.3 is 27.9 Å². The molecule has 45 heavy (non-hydrogen) atoms. The first kappa shape index (κ1) is 44.5. The van der Waals surface area contributed by atoms with Gasteiger partial charge >= 0.3 is 5.97 Å². The number of esters is 1. The number of nitrogens with zero attached hydrogens (tertiary/aromatic N) is 1. The Balaban J connectivity index is 4.16. The summed E-state index contributed by atoms with van der Waals surface area (Å²) >= 11 is 0. The molecule has 0 aromatic carbocycles. The molecule has 0 aliphatic heterocycles. The van der Waals surface area contributed by atoms with Gasteiger partial charge in [-0.3, -0.25) is 9.36 Å². The maximum atomic E-state index is 12.5. The van der Waals surface area contributed by atoms with Crippen molar-refractivity contribution in [1.29, 1.82) is 0 Å². The number of likely N-dealkylation sites (N-methyl/N-ethyl adjacent to an activating group) is 1. The zero-order chi connectivity index (χ0) is 33.5. The molecule has 0 saturated heterocycles. The van der Waals surface area contributed by atoms with E-state index in [1.54, 1.807) is 0 Å². The molecule has 0 N–H and O–H groups in total.